The zero-order valence-electron chi connectivity index (χ0n) is 8.88. The maximum atomic E-state index is 6.31. The molecule has 2 N–H and O–H groups in total. The van der Waals surface area contributed by atoms with E-state index in [1.54, 1.807) is 22.7 Å². The molecule has 2 aromatic rings. The van der Waals surface area contributed by atoms with Gasteiger partial charge in [-0.05, 0) is 63.4 Å². The summed E-state index contributed by atoms with van der Waals surface area (Å²) in [5, 5.41) is 0. The Bertz CT molecular complexity index is 470. The fraction of sp³-hybridized carbons (Fsp3) is 0.273. The lowest BCUT2D eigenvalue weighted by molar-refractivity contribution is 0.886. The number of aryl methyl sites for hydroxylation is 2. The van der Waals surface area contributed by atoms with E-state index in [0.717, 1.165) is 13.1 Å². The molecule has 0 spiro atoms. The largest absolute Gasteiger partial charge is 0.320 e. The SMILES string of the molecule is Cc1cc(C)c(C(N)c2cc(Br)sc2Br)s1. The van der Waals surface area contributed by atoms with Crippen LogP contribution in [-0.2, 0) is 0 Å². The van der Waals surface area contributed by atoms with E-state index in [9.17, 15) is 0 Å². The first-order valence-corrected chi connectivity index (χ1v) is 7.98. The van der Waals surface area contributed by atoms with Gasteiger partial charge in [-0.3, -0.25) is 0 Å². The minimum atomic E-state index is -0.0318. The summed E-state index contributed by atoms with van der Waals surface area (Å²) in [5.41, 5.74) is 8.75. The molecule has 2 heterocycles. The summed E-state index contributed by atoms with van der Waals surface area (Å²) in [4.78, 5) is 2.57. The molecule has 86 valence electrons. The van der Waals surface area contributed by atoms with Crippen molar-refractivity contribution in [2.45, 2.75) is 19.9 Å². The van der Waals surface area contributed by atoms with E-state index in [0.29, 0.717) is 0 Å². The van der Waals surface area contributed by atoms with E-state index in [2.05, 4.69) is 57.8 Å². The van der Waals surface area contributed by atoms with Crippen molar-refractivity contribution in [3.05, 3.63) is 40.6 Å². The van der Waals surface area contributed by atoms with Crippen molar-refractivity contribution in [1.29, 1.82) is 0 Å². The molecule has 0 saturated carbocycles. The van der Waals surface area contributed by atoms with Crippen molar-refractivity contribution in [3.8, 4) is 0 Å². The second kappa shape index (κ2) is 4.90. The quantitative estimate of drug-likeness (QED) is 0.779. The smallest absolute Gasteiger partial charge is 0.0761 e. The molecule has 0 aliphatic carbocycles. The first kappa shape index (κ1) is 12.8. The number of rotatable bonds is 2. The Morgan fingerprint density at radius 3 is 2.31 bits per heavy atom. The molecule has 1 unspecified atom stereocenters. The third-order valence-corrected chi connectivity index (χ3v) is 6.00. The molecule has 1 nitrogen and oxygen atoms in total. The van der Waals surface area contributed by atoms with Gasteiger partial charge in [0.25, 0.3) is 0 Å². The zero-order chi connectivity index (χ0) is 11.9. The molecule has 0 fully saturated rings. The molecule has 0 bridgehead atoms. The Morgan fingerprint density at radius 2 is 1.88 bits per heavy atom. The van der Waals surface area contributed by atoms with E-state index in [-0.39, 0.29) is 6.04 Å². The fourth-order valence-corrected chi connectivity index (χ4v) is 5.66. The molecule has 0 radical (unpaired) electrons. The van der Waals surface area contributed by atoms with Crippen LogP contribution in [0.15, 0.2) is 19.7 Å². The van der Waals surface area contributed by atoms with Crippen LogP contribution >= 0.6 is 54.5 Å². The van der Waals surface area contributed by atoms with Crippen molar-refractivity contribution in [1.82, 2.24) is 0 Å². The third-order valence-electron chi connectivity index (χ3n) is 2.38. The second-order valence-corrected chi connectivity index (χ2v) is 8.70. The van der Waals surface area contributed by atoms with E-state index in [1.807, 2.05) is 0 Å². The molecule has 0 amide bonds. The third kappa shape index (κ3) is 2.43. The van der Waals surface area contributed by atoms with Crippen LogP contribution in [0.3, 0.4) is 0 Å². The van der Waals surface area contributed by atoms with Crippen LogP contribution in [0.25, 0.3) is 0 Å². The minimum absolute atomic E-state index is 0.0318. The highest BCUT2D eigenvalue weighted by molar-refractivity contribution is 9.12. The maximum absolute atomic E-state index is 6.31. The maximum Gasteiger partial charge on any atom is 0.0761 e. The van der Waals surface area contributed by atoms with Gasteiger partial charge in [0.15, 0.2) is 0 Å². The van der Waals surface area contributed by atoms with E-state index in [4.69, 9.17) is 5.73 Å². The number of hydrogen-bond acceptors (Lipinski definition) is 3. The van der Waals surface area contributed by atoms with Gasteiger partial charge in [-0.1, -0.05) is 0 Å². The van der Waals surface area contributed by atoms with Crippen molar-refractivity contribution in [3.63, 3.8) is 0 Å². The van der Waals surface area contributed by atoms with Gasteiger partial charge in [0.05, 0.1) is 13.6 Å². The van der Waals surface area contributed by atoms with Crippen molar-refractivity contribution < 1.29 is 0 Å². The molecule has 0 aliphatic rings. The normalized spacial score (nSPS) is 13.1. The highest BCUT2D eigenvalue weighted by Crippen LogP contribution is 2.39. The summed E-state index contributed by atoms with van der Waals surface area (Å²) < 4.78 is 2.22. The number of thiophene rings is 2. The van der Waals surface area contributed by atoms with Gasteiger partial charge in [-0.2, -0.15) is 0 Å². The topological polar surface area (TPSA) is 26.0 Å². The van der Waals surface area contributed by atoms with Crippen molar-refractivity contribution >= 4 is 54.5 Å². The lowest BCUT2D eigenvalue weighted by Gasteiger charge is -2.10. The molecule has 16 heavy (non-hydrogen) atoms. The van der Waals surface area contributed by atoms with Gasteiger partial charge in [0.2, 0.25) is 0 Å². The highest BCUT2D eigenvalue weighted by Gasteiger charge is 2.18. The van der Waals surface area contributed by atoms with Crippen LogP contribution in [0.5, 0.6) is 0 Å². The van der Waals surface area contributed by atoms with Crippen LogP contribution < -0.4 is 5.73 Å². The molecule has 0 saturated heterocycles. The van der Waals surface area contributed by atoms with Gasteiger partial charge in [-0.15, -0.1) is 22.7 Å². The van der Waals surface area contributed by atoms with Crippen LogP contribution in [0.4, 0.5) is 0 Å². The lowest BCUT2D eigenvalue weighted by Crippen LogP contribution is -2.10. The summed E-state index contributed by atoms with van der Waals surface area (Å²) in [6.45, 7) is 4.24. The van der Waals surface area contributed by atoms with Crippen LogP contribution in [-0.4, -0.2) is 0 Å². The molecular weight excluding hydrogens is 370 g/mol. The Morgan fingerprint density at radius 1 is 1.19 bits per heavy atom. The molecule has 0 aliphatic heterocycles. The van der Waals surface area contributed by atoms with Crippen LogP contribution in [0.1, 0.15) is 26.9 Å². The van der Waals surface area contributed by atoms with E-state index < -0.39 is 0 Å². The molecule has 1 atom stereocenters. The van der Waals surface area contributed by atoms with Gasteiger partial charge < -0.3 is 5.73 Å². The van der Waals surface area contributed by atoms with Gasteiger partial charge in [0, 0.05) is 15.3 Å². The first-order chi connectivity index (χ1) is 7.49. The number of nitrogens with two attached hydrogens (primary N) is 1. The summed E-state index contributed by atoms with van der Waals surface area (Å²) in [6.07, 6.45) is 0. The summed E-state index contributed by atoms with van der Waals surface area (Å²) in [7, 11) is 0. The second-order valence-electron chi connectivity index (χ2n) is 3.66. The van der Waals surface area contributed by atoms with Crippen LogP contribution in [0.2, 0.25) is 0 Å². The Kier molecular flexibility index (Phi) is 3.91. The number of hydrogen-bond donors (Lipinski definition) is 1. The predicted octanol–water partition coefficient (Wildman–Crippen LogP) is 5.00. The summed E-state index contributed by atoms with van der Waals surface area (Å²) >= 11 is 10.5. The van der Waals surface area contributed by atoms with Crippen molar-refractivity contribution in [2.75, 3.05) is 0 Å². The Hall–Kier alpha value is 0.320. The van der Waals surface area contributed by atoms with Crippen LogP contribution in [0, 0.1) is 13.8 Å². The van der Waals surface area contributed by atoms with E-state index >= 15 is 0 Å². The zero-order valence-corrected chi connectivity index (χ0v) is 13.7. The van der Waals surface area contributed by atoms with Gasteiger partial charge in [-0.25, -0.2) is 0 Å². The van der Waals surface area contributed by atoms with Crippen molar-refractivity contribution in [2.24, 2.45) is 5.73 Å². The predicted molar refractivity (Wildman–Crippen MR) is 79.5 cm³/mol. The molecule has 5 heteroatoms. The lowest BCUT2D eigenvalue weighted by atomic mass is 10.1. The average molecular weight is 381 g/mol. The summed E-state index contributed by atoms with van der Waals surface area (Å²) in [5.74, 6) is 0. The van der Waals surface area contributed by atoms with E-state index in [1.165, 1.54) is 15.3 Å². The molecular formula is C11H11Br2NS2. The standard InChI is InChI=1S/C11H11Br2NS2/c1-5-3-6(2)15-10(5)9(14)7-4-8(12)16-11(7)13/h3-4,9H,14H2,1-2H3. The molecule has 2 aromatic heterocycles. The van der Waals surface area contributed by atoms with Gasteiger partial charge >= 0.3 is 0 Å². The first-order valence-electron chi connectivity index (χ1n) is 4.76. The molecule has 0 aromatic carbocycles. The Balaban J connectivity index is 2.42. The Labute approximate surface area is 120 Å². The summed E-state index contributed by atoms with van der Waals surface area (Å²) in [6, 6.07) is 4.25. The molecule has 2 rings (SSSR count). The number of halogens is 2. The average Bonchev–Trinajstić information content (AvgIpc) is 2.68. The highest BCUT2D eigenvalue weighted by atomic mass is 79.9. The monoisotopic (exact) mass is 379 g/mol. The fourth-order valence-electron chi connectivity index (χ4n) is 1.67. The van der Waals surface area contributed by atoms with Gasteiger partial charge in [0.1, 0.15) is 0 Å². The minimum Gasteiger partial charge on any atom is -0.320 e.